The quantitative estimate of drug-likeness (QED) is 0.449. The van der Waals surface area contributed by atoms with Crippen LogP contribution >= 0.6 is 46.8 Å². The average molecular weight is 534 g/mol. The molecule has 34 heavy (non-hydrogen) atoms. The maximum atomic E-state index is 12.5. The lowest BCUT2D eigenvalue weighted by Gasteiger charge is -2.36. The Morgan fingerprint density at radius 2 is 1.74 bits per heavy atom. The summed E-state index contributed by atoms with van der Waals surface area (Å²) in [6.45, 7) is 2.67. The van der Waals surface area contributed by atoms with Crippen molar-refractivity contribution in [3.63, 3.8) is 0 Å². The molecule has 0 atom stereocenters. The number of rotatable bonds is 5. The van der Waals surface area contributed by atoms with E-state index in [9.17, 15) is 9.59 Å². The molecule has 0 aliphatic carbocycles. The molecule has 176 valence electrons. The predicted octanol–water partition coefficient (Wildman–Crippen LogP) is 5.07. The molecule has 0 radical (unpaired) electrons. The number of anilines is 2. The van der Waals surface area contributed by atoms with Crippen LogP contribution in [0.5, 0.6) is 0 Å². The summed E-state index contributed by atoms with van der Waals surface area (Å²) in [5.74, 6) is -0.149. The van der Waals surface area contributed by atoms with Crippen molar-refractivity contribution >= 4 is 75.1 Å². The highest BCUT2D eigenvalue weighted by molar-refractivity contribution is 7.80. The number of hydrogen-bond donors (Lipinski definition) is 2. The summed E-state index contributed by atoms with van der Waals surface area (Å²) in [6, 6.07) is 16.4. The lowest BCUT2D eigenvalue weighted by molar-refractivity contribution is -0.119. The van der Waals surface area contributed by atoms with Crippen LogP contribution in [0.25, 0.3) is 0 Å². The van der Waals surface area contributed by atoms with E-state index in [0.717, 1.165) is 16.1 Å². The molecule has 1 fully saturated rings. The fourth-order valence-corrected chi connectivity index (χ4v) is 5.02. The summed E-state index contributed by atoms with van der Waals surface area (Å²) in [6.07, 6.45) is 0.194. The monoisotopic (exact) mass is 532 g/mol. The molecule has 0 saturated carbocycles. The molecule has 0 spiro atoms. The third-order valence-electron chi connectivity index (χ3n) is 5.38. The number of nitrogens with zero attached hydrogens (tertiary/aromatic N) is 2. The minimum atomic E-state index is -0.225. The van der Waals surface area contributed by atoms with Crippen LogP contribution in [0, 0.1) is 0 Å². The molecule has 1 aromatic heterocycles. The summed E-state index contributed by atoms with van der Waals surface area (Å²) in [5, 5.41) is 8.97. The van der Waals surface area contributed by atoms with Gasteiger partial charge in [0, 0.05) is 36.9 Å². The number of hydrogen-bond acceptors (Lipinski definition) is 5. The molecule has 1 saturated heterocycles. The van der Waals surface area contributed by atoms with Gasteiger partial charge in [-0.3, -0.25) is 9.59 Å². The van der Waals surface area contributed by atoms with Crippen LogP contribution in [0.4, 0.5) is 11.4 Å². The van der Waals surface area contributed by atoms with Gasteiger partial charge in [0.05, 0.1) is 22.0 Å². The van der Waals surface area contributed by atoms with E-state index in [1.165, 1.54) is 11.3 Å². The van der Waals surface area contributed by atoms with Crippen LogP contribution in [0.15, 0.2) is 60.0 Å². The van der Waals surface area contributed by atoms with Gasteiger partial charge in [-0.25, -0.2) is 0 Å². The second-order valence-corrected chi connectivity index (χ2v) is 9.93. The Balaban J connectivity index is 1.29. The molecule has 0 bridgehead atoms. The van der Waals surface area contributed by atoms with Gasteiger partial charge in [0.1, 0.15) is 0 Å². The highest BCUT2D eigenvalue weighted by Crippen LogP contribution is 2.30. The second-order valence-electron chi connectivity index (χ2n) is 7.73. The van der Waals surface area contributed by atoms with Gasteiger partial charge in [0.2, 0.25) is 5.91 Å². The van der Waals surface area contributed by atoms with Gasteiger partial charge in [0.25, 0.3) is 5.91 Å². The van der Waals surface area contributed by atoms with E-state index in [2.05, 4.69) is 15.5 Å². The number of halogens is 2. The number of carbonyl (C=O) groups is 2. The number of amides is 2. The lowest BCUT2D eigenvalue weighted by atomic mass is 10.1. The zero-order valence-electron chi connectivity index (χ0n) is 18.1. The summed E-state index contributed by atoms with van der Waals surface area (Å²) < 4.78 is 0. The molecule has 1 aliphatic rings. The van der Waals surface area contributed by atoms with E-state index in [-0.39, 0.29) is 23.3 Å². The van der Waals surface area contributed by atoms with Gasteiger partial charge >= 0.3 is 0 Å². The molecule has 6 nitrogen and oxygen atoms in total. The van der Waals surface area contributed by atoms with Gasteiger partial charge in [-0.2, -0.15) is 0 Å². The molecule has 1 aliphatic heterocycles. The number of piperazine rings is 1. The van der Waals surface area contributed by atoms with Crippen LogP contribution < -0.4 is 15.5 Å². The van der Waals surface area contributed by atoms with Crippen molar-refractivity contribution in [2.24, 2.45) is 0 Å². The van der Waals surface area contributed by atoms with E-state index in [1.807, 2.05) is 34.5 Å². The SMILES string of the molecule is O=C(Cc1ccc(Cl)cc1)NC(=S)Nc1ccc(N2CCN(C(=O)c3cccs3)CC2)c(Cl)c1. The lowest BCUT2D eigenvalue weighted by Crippen LogP contribution is -2.48. The standard InChI is InChI=1S/C24H22Cl2N4O2S2/c25-17-5-3-16(4-6-17)14-22(31)28-24(33)27-18-7-8-20(19(26)15-18)29-9-11-30(12-10-29)23(32)21-2-1-13-34-21/h1-8,13,15H,9-12,14H2,(H2,27,28,31,33). The molecule has 2 aromatic carbocycles. The first-order chi connectivity index (χ1) is 16.4. The van der Waals surface area contributed by atoms with Crippen LogP contribution in [-0.4, -0.2) is 48.0 Å². The maximum absolute atomic E-state index is 12.5. The van der Waals surface area contributed by atoms with E-state index in [4.69, 9.17) is 35.4 Å². The third kappa shape index (κ3) is 6.27. The molecule has 4 rings (SSSR count). The predicted molar refractivity (Wildman–Crippen MR) is 143 cm³/mol. The number of benzene rings is 2. The number of thiocarbonyl (C=S) groups is 1. The summed E-state index contributed by atoms with van der Waals surface area (Å²) in [7, 11) is 0. The first-order valence-corrected chi connectivity index (χ1v) is 12.7. The zero-order chi connectivity index (χ0) is 24.1. The molecule has 2 amide bonds. The third-order valence-corrected chi connectivity index (χ3v) is 6.99. The van der Waals surface area contributed by atoms with Crippen LogP contribution in [0.2, 0.25) is 10.0 Å². The normalized spacial score (nSPS) is 13.5. The Kier molecular flexibility index (Phi) is 8.05. The van der Waals surface area contributed by atoms with Crippen molar-refractivity contribution in [3.8, 4) is 0 Å². The van der Waals surface area contributed by atoms with Crippen molar-refractivity contribution in [1.82, 2.24) is 10.2 Å². The molecule has 10 heteroatoms. The Bertz CT molecular complexity index is 1180. The van der Waals surface area contributed by atoms with Crippen LogP contribution in [0.3, 0.4) is 0 Å². The van der Waals surface area contributed by atoms with Gasteiger partial charge in [-0.15, -0.1) is 11.3 Å². The van der Waals surface area contributed by atoms with E-state index < -0.39 is 0 Å². The number of carbonyl (C=O) groups excluding carboxylic acids is 2. The highest BCUT2D eigenvalue weighted by Gasteiger charge is 2.24. The zero-order valence-corrected chi connectivity index (χ0v) is 21.2. The molecular formula is C24H22Cl2N4O2S2. The highest BCUT2D eigenvalue weighted by atomic mass is 35.5. The Hall–Kier alpha value is -2.65. The molecule has 0 unspecified atom stereocenters. The number of thiophene rings is 1. The minimum Gasteiger partial charge on any atom is -0.367 e. The second kappa shape index (κ2) is 11.2. The van der Waals surface area contributed by atoms with E-state index in [1.54, 1.807) is 30.3 Å². The summed E-state index contributed by atoms with van der Waals surface area (Å²) in [5.41, 5.74) is 2.42. The van der Waals surface area contributed by atoms with E-state index in [0.29, 0.717) is 41.9 Å². The van der Waals surface area contributed by atoms with Crippen molar-refractivity contribution < 1.29 is 9.59 Å². The topological polar surface area (TPSA) is 64.7 Å². The minimum absolute atomic E-state index is 0.0758. The Morgan fingerprint density at radius 1 is 1.00 bits per heavy atom. The fourth-order valence-electron chi connectivity index (χ4n) is 3.67. The van der Waals surface area contributed by atoms with Crippen molar-refractivity contribution in [1.29, 1.82) is 0 Å². The molecule has 3 aromatic rings. The van der Waals surface area contributed by atoms with E-state index >= 15 is 0 Å². The van der Waals surface area contributed by atoms with Gasteiger partial charge in [0.15, 0.2) is 5.11 Å². The Morgan fingerprint density at radius 3 is 2.38 bits per heavy atom. The van der Waals surface area contributed by atoms with Crippen molar-refractivity contribution in [3.05, 3.63) is 80.5 Å². The van der Waals surface area contributed by atoms with Crippen LogP contribution in [-0.2, 0) is 11.2 Å². The first kappa shape index (κ1) is 24.5. The van der Waals surface area contributed by atoms with Gasteiger partial charge < -0.3 is 20.4 Å². The van der Waals surface area contributed by atoms with Crippen molar-refractivity contribution in [2.45, 2.75) is 6.42 Å². The fraction of sp³-hybridized carbons (Fsp3) is 0.208. The average Bonchev–Trinajstić information content (AvgIpc) is 3.35. The number of nitrogens with one attached hydrogen (secondary N) is 2. The summed E-state index contributed by atoms with van der Waals surface area (Å²) >= 11 is 19.2. The van der Waals surface area contributed by atoms with Crippen molar-refractivity contribution in [2.75, 3.05) is 36.4 Å². The first-order valence-electron chi connectivity index (χ1n) is 10.6. The largest absolute Gasteiger partial charge is 0.367 e. The molecular weight excluding hydrogens is 511 g/mol. The summed E-state index contributed by atoms with van der Waals surface area (Å²) in [4.78, 5) is 29.6. The van der Waals surface area contributed by atoms with Gasteiger partial charge in [-0.1, -0.05) is 41.4 Å². The smallest absolute Gasteiger partial charge is 0.264 e. The maximum Gasteiger partial charge on any atom is 0.264 e. The van der Waals surface area contributed by atoms with Gasteiger partial charge in [-0.05, 0) is 59.6 Å². The Labute approximate surface area is 217 Å². The molecule has 2 heterocycles. The van der Waals surface area contributed by atoms with Crippen LogP contribution in [0.1, 0.15) is 15.2 Å². The molecule has 2 N–H and O–H groups in total.